The monoisotopic (exact) mass is 787 g/mol. The number of aromatic hydroxyl groups is 1. The summed E-state index contributed by atoms with van der Waals surface area (Å²) in [7, 11) is 0. The highest BCUT2D eigenvalue weighted by molar-refractivity contribution is 5.98. The Hall–Kier alpha value is -7.04. The third kappa shape index (κ3) is 7.30. The van der Waals surface area contributed by atoms with E-state index < -0.39 is 47.8 Å². The van der Waals surface area contributed by atoms with Crippen molar-refractivity contribution in [3.8, 4) is 78.6 Å². The van der Waals surface area contributed by atoms with Gasteiger partial charge in [0.2, 0.25) is 0 Å². The molecule has 0 aliphatic rings. The van der Waals surface area contributed by atoms with E-state index in [-0.39, 0.29) is 34.0 Å². The highest BCUT2D eigenvalue weighted by Crippen LogP contribution is 2.45. The summed E-state index contributed by atoms with van der Waals surface area (Å²) in [4.78, 5) is 9.91. The Morgan fingerprint density at radius 2 is 1.18 bits per heavy atom. The predicted octanol–water partition coefficient (Wildman–Crippen LogP) is 14.7. The molecule has 2 aromatic heterocycles. The molecule has 0 fully saturated rings. The van der Waals surface area contributed by atoms with Gasteiger partial charge in [-0.05, 0) is 110 Å². The Bertz CT molecular complexity index is 3440. The van der Waals surface area contributed by atoms with Gasteiger partial charge >= 0.3 is 0 Å². The molecule has 0 atom stereocenters. The molecule has 1 N–H and O–H groups in total. The number of phenols is 1. The Morgan fingerprint density at radius 1 is 0.533 bits per heavy atom. The van der Waals surface area contributed by atoms with E-state index in [1.165, 1.54) is 5.56 Å². The van der Waals surface area contributed by atoms with E-state index in [0.717, 1.165) is 50.1 Å². The van der Waals surface area contributed by atoms with Crippen LogP contribution in [0, 0.1) is 0 Å². The van der Waals surface area contributed by atoms with Crippen molar-refractivity contribution in [1.29, 1.82) is 0 Å². The van der Waals surface area contributed by atoms with Crippen LogP contribution >= 0.6 is 0 Å². The van der Waals surface area contributed by atoms with Crippen LogP contribution in [0.25, 0.3) is 83.9 Å². The molecule has 0 unspecified atom stereocenters. The average Bonchev–Trinajstić information content (AvgIpc) is 3.71. The molecule has 0 amide bonds. The first-order chi connectivity index (χ1) is 32.3. The zero-order valence-electron chi connectivity index (χ0n) is 42.5. The first-order valence-corrected chi connectivity index (χ1v) is 20.1. The van der Waals surface area contributed by atoms with Crippen LogP contribution in [-0.4, -0.2) is 19.6 Å². The van der Waals surface area contributed by atoms with Gasteiger partial charge in [-0.25, -0.2) is 4.98 Å². The number of fused-ring (bicyclic) bond motifs is 1. The number of aromatic nitrogens is 3. The fourth-order valence-electron chi connectivity index (χ4n) is 7.83. The van der Waals surface area contributed by atoms with Gasteiger partial charge in [0.25, 0.3) is 0 Å². The van der Waals surface area contributed by atoms with Crippen molar-refractivity contribution in [2.24, 2.45) is 0 Å². The van der Waals surface area contributed by atoms with Crippen molar-refractivity contribution in [2.75, 3.05) is 0 Å². The highest BCUT2D eigenvalue weighted by atomic mass is 16.3. The number of hydrogen-bond donors (Lipinski definition) is 1. The third-order valence-corrected chi connectivity index (χ3v) is 10.9. The Labute approximate surface area is 364 Å². The molecule has 2 heterocycles. The number of phenolic OH excluding ortho intramolecular Hbond substituents is 1. The second-order valence-electron chi connectivity index (χ2n) is 17.1. The number of rotatable bonds is 7. The summed E-state index contributed by atoms with van der Waals surface area (Å²) in [6.45, 7) is 12.8. The van der Waals surface area contributed by atoms with Crippen LogP contribution in [0.4, 0.5) is 0 Å². The molecule has 9 aromatic rings. The number of hydrogen-bond acceptors (Lipinski definition) is 3. The van der Waals surface area contributed by atoms with Gasteiger partial charge in [-0.1, -0.05) is 163 Å². The molecule has 4 heteroatoms. The van der Waals surface area contributed by atoms with Crippen LogP contribution in [0.5, 0.6) is 5.75 Å². The number of pyridine rings is 1. The average molecular weight is 788 g/mol. The van der Waals surface area contributed by atoms with Gasteiger partial charge < -0.3 is 5.11 Å². The summed E-state index contributed by atoms with van der Waals surface area (Å²) in [6.07, 6.45) is -0.504. The zero-order valence-corrected chi connectivity index (χ0v) is 34.5. The van der Waals surface area contributed by atoms with Crippen molar-refractivity contribution in [1.82, 2.24) is 14.5 Å². The smallest absolute Gasteiger partial charge is 0.149 e. The molecule has 0 aliphatic heterocycles. The lowest BCUT2D eigenvalue weighted by atomic mass is 9.79. The second kappa shape index (κ2) is 15.3. The standard InChI is InChI=1S/C56H49N3O/c1-55(2,3)43-32-41(31-42(33-43)49-34-40(29-30-57-49)37-19-10-7-11-20-37)44-26-18-27-50-53(44)58-54(45-25-16-17-28-52(45)60)59(50)51-36-46(38-21-12-8-13-22-38)48(56(4,5)6)35-47(51)39-23-14-9-15-24-39/h7-36,60H,1-6H3/i7D,10D,11D,19D,20D,29D,30D,34D. The minimum Gasteiger partial charge on any atom is -0.507 e. The molecule has 0 saturated carbocycles. The molecule has 0 bridgehead atoms. The number of benzene rings is 7. The van der Waals surface area contributed by atoms with Crippen LogP contribution < -0.4 is 0 Å². The first kappa shape index (κ1) is 30.1. The quantitative estimate of drug-likeness (QED) is 0.175. The van der Waals surface area contributed by atoms with E-state index in [1.807, 2.05) is 78.9 Å². The van der Waals surface area contributed by atoms with E-state index in [0.29, 0.717) is 22.5 Å². The predicted molar refractivity (Wildman–Crippen MR) is 251 cm³/mol. The van der Waals surface area contributed by atoms with E-state index in [4.69, 9.17) is 14.6 Å². The van der Waals surface area contributed by atoms with Crippen molar-refractivity contribution in [2.45, 2.75) is 52.4 Å². The Morgan fingerprint density at radius 3 is 1.87 bits per heavy atom. The molecular formula is C56H49N3O. The summed E-state index contributed by atoms with van der Waals surface area (Å²) >= 11 is 0. The maximum atomic E-state index is 11.6. The van der Waals surface area contributed by atoms with Crippen LogP contribution in [0.2, 0.25) is 0 Å². The van der Waals surface area contributed by atoms with E-state index >= 15 is 0 Å². The minimum atomic E-state index is -0.602. The first-order valence-electron chi connectivity index (χ1n) is 24.1. The topological polar surface area (TPSA) is 50.9 Å². The van der Waals surface area contributed by atoms with Crippen molar-refractivity contribution >= 4 is 11.0 Å². The highest BCUT2D eigenvalue weighted by Gasteiger charge is 2.27. The Balaban J connectivity index is 1.36. The molecule has 0 aliphatic carbocycles. The maximum Gasteiger partial charge on any atom is 0.149 e. The largest absolute Gasteiger partial charge is 0.507 e. The molecule has 0 radical (unpaired) electrons. The fourth-order valence-corrected chi connectivity index (χ4v) is 7.83. The van der Waals surface area contributed by atoms with Crippen molar-refractivity contribution in [3.63, 3.8) is 0 Å². The van der Waals surface area contributed by atoms with Gasteiger partial charge in [0.05, 0.1) is 38.9 Å². The van der Waals surface area contributed by atoms with E-state index in [2.05, 4.69) is 93.6 Å². The number of nitrogens with zero attached hydrogens (tertiary/aromatic N) is 3. The van der Waals surface area contributed by atoms with Gasteiger partial charge in [-0.15, -0.1) is 0 Å². The van der Waals surface area contributed by atoms with Gasteiger partial charge in [0, 0.05) is 22.9 Å². The lowest BCUT2D eigenvalue weighted by Gasteiger charge is -2.27. The summed E-state index contributed by atoms with van der Waals surface area (Å²) in [6, 6.07) is 40.3. The summed E-state index contributed by atoms with van der Waals surface area (Å²) < 4.78 is 71.6. The lowest BCUT2D eigenvalue weighted by molar-refractivity contribution is 0.477. The lowest BCUT2D eigenvalue weighted by Crippen LogP contribution is -2.14. The number of imidazole rings is 1. The van der Waals surface area contributed by atoms with E-state index in [1.54, 1.807) is 12.1 Å². The van der Waals surface area contributed by atoms with Gasteiger partial charge in [-0.2, -0.15) is 0 Å². The van der Waals surface area contributed by atoms with Crippen LogP contribution in [0.1, 0.15) is 63.6 Å². The molecule has 0 saturated heterocycles. The van der Waals surface area contributed by atoms with Gasteiger partial charge in [0.1, 0.15) is 11.6 Å². The second-order valence-corrected chi connectivity index (χ2v) is 17.1. The number of para-hydroxylation sites is 2. The summed E-state index contributed by atoms with van der Waals surface area (Å²) in [5.74, 6) is 0.576. The maximum absolute atomic E-state index is 11.6. The summed E-state index contributed by atoms with van der Waals surface area (Å²) in [5.41, 5.74) is 9.54. The normalized spacial score (nSPS) is 13.8. The van der Waals surface area contributed by atoms with Crippen LogP contribution in [0.15, 0.2) is 182 Å². The zero-order chi connectivity index (χ0) is 48.6. The van der Waals surface area contributed by atoms with Gasteiger partial charge in [0.15, 0.2) is 0 Å². The molecule has 4 nitrogen and oxygen atoms in total. The van der Waals surface area contributed by atoms with Crippen LogP contribution in [-0.2, 0) is 10.8 Å². The van der Waals surface area contributed by atoms with Crippen molar-refractivity contribution in [3.05, 3.63) is 193 Å². The molecule has 7 aromatic carbocycles. The van der Waals surface area contributed by atoms with E-state index in [9.17, 15) is 6.48 Å². The summed E-state index contributed by atoms with van der Waals surface area (Å²) in [5, 5.41) is 11.6. The molecule has 60 heavy (non-hydrogen) atoms. The molecule has 9 rings (SSSR count). The SMILES string of the molecule is [2H]c1nc(-c2cc(-c3cccc4c3nc(-c3ccccc3O)n4-c3cc(-c4ccccc4)c(C(C)(C)C)cc3-c3ccccc3)cc(C(C)(C)C)c2)c([2H])c(-c2c([2H])c([2H])c([2H])c([2H])c2[2H])c1[2H]. The third-order valence-electron chi connectivity index (χ3n) is 10.9. The van der Waals surface area contributed by atoms with Crippen molar-refractivity contribution < 1.29 is 16.1 Å². The van der Waals surface area contributed by atoms with Gasteiger partial charge in [-0.3, -0.25) is 9.55 Å². The van der Waals surface area contributed by atoms with Crippen LogP contribution in [0.3, 0.4) is 0 Å². The minimum absolute atomic E-state index is 0.0210. The fraction of sp³-hybridized carbons (Fsp3) is 0.143. The Kier molecular flexibility index (Phi) is 7.66. The molecule has 0 spiro atoms. The molecule has 294 valence electrons. The molecular weight excluding hydrogens is 731 g/mol.